The quantitative estimate of drug-likeness (QED) is 0.347. The van der Waals surface area contributed by atoms with Gasteiger partial charge in [-0.05, 0) is 75.1 Å². The van der Waals surface area contributed by atoms with Crippen molar-refractivity contribution < 1.29 is 9.53 Å². The number of aromatic nitrogens is 3. The third-order valence-corrected chi connectivity index (χ3v) is 7.22. The lowest BCUT2D eigenvalue weighted by Gasteiger charge is -2.16. The van der Waals surface area contributed by atoms with E-state index >= 15 is 0 Å². The van der Waals surface area contributed by atoms with Gasteiger partial charge in [-0.25, -0.2) is 0 Å². The minimum absolute atomic E-state index is 0.0765. The number of halogens is 1. The van der Waals surface area contributed by atoms with Crippen LogP contribution in [0.4, 0.5) is 5.69 Å². The Morgan fingerprint density at radius 3 is 2.50 bits per heavy atom. The van der Waals surface area contributed by atoms with Gasteiger partial charge in [-0.3, -0.25) is 4.79 Å². The van der Waals surface area contributed by atoms with E-state index in [1.54, 1.807) is 0 Å². The molecule has 0 saturated carbocycles. The molecule has 0 bridgehead atoms. The molecule has 1 N–H and O–H groups in total. The molecule has 0 unspecified atom stereocenters. The van der Waals surface area contributed by atoms with Crippen LogP contribution in [0.25, 0.3) is 0 Å². The maximum absolute atomic E-state index is 12.5. The number of nitrogens with one attached hydrogen (secondary N) is 1. The van der Waals surface area contributed by atoms with E-state index in [9.17, 15) is 4.79 Å². The van der Waals surface area contributed by atoms with Crippen LogP contribution in [0.5, 0.6) is 5.75 Å². The summed E-state index contributed by atoms with van der Waals surface area (Å²) in [6.07, 6.45) is 0.737. The lowest BCUT2D eigenvalue weighted by Crippen LogP contribution is -2.16. The predicted molar refractivity (Wildman–Crippen MR) is 134 cm³/mol. The van der Waals surface area contributed by atoms with Gasteiger partial charge in [-0.2, -0.15) is 0 Å². The summed E-state index contributed by atoms with van der Waals surface area (Å²) in [7, 11) is 0. The van der Waals surface area contributed by atoms with Crippen molar-refractivity contribution in [3.8, 4) is 5.75 Å². The van der Waals surface area contributed by atoms with Crippen LogP contribution in [0.15, 0.2) is 46.0 Å². The Hall–Kier alpha value is -2.32. The highest BCUT2D eigenvalue weighted by molar-refractivity contribution is 9.10. The third-order valence-electron chi connectivity index (χ3n) is 5.40. The van der Waals surface area contributed by atoms with E-state index in [0.29, 0.717) is 11.7 Å². The van der Waals surface area contributed by atoms with Crippen molar-refractivity contribution in [2.75, 3.05) is 11.1 Å². The Morgan fingerprint density at radius 1 is 1.12 bits per heavy atom. The topological polar surface area (TPSA) is 69.0 Å². The van der Waals surface area contributed by atoms with Crippen LogP contribution in [0.3, 0.4) is 0 Å². The molecule has 0 aliphatic rings. The standard InChI is InChI=1S/C24H29BrN4O2S/c1-6-18-8-10-19(11-9-18)31-17(5)23-27-28-24(29(23)7-2)32-14-22(30)26-21-13-12-20(25)15(3)16(21)4/h8-13,17H,6-7,14H2,1-5H3,(H,26,30)/t17-/m0/s1. The molecule has 1 atom stereocenters. The molecule has 1 heterocycles. The molecule has 1 amide bonds. The maximum atomic E-state index is 12.5. The first-order valence-electron chi connectivity index (χ1n) is 10.7. The number of carbonyl (C=O) groups excluding carboxylic acids is 1. The summed E-state index contributed by atoms with van der Waals surface area (Å²) >= 11 is 4.89. The van der Waals surface area contributed by atoms with Gasteiger partial charge in [-0.15, -0.1) is 10.2 Å². The number of aryl methyl sites for hydroxylation is 1. The average Bonchev–Trinajstić information content (AvgIpc) is 3.21. The van der Waals surface area contributed by atoms with E-state index in [4.69, 9.17) is 4.74 Å². The van der Waals surface area contributed by atoms with Crippen LogP contribution in [0.2, 0.25) is 0 Å². The van der Waals surface area contributed by atoms with Crippen molar-refractivity contribution in [2.24, 2.45) is 0 Å². The number of hydrogen-bond donors (Lipinski definition) is 1. The Labute approximate surface area is 202 Å². The molecule has 6 nitrogen and oxygen atoms in total. The Bertz CT molecular complexity index is 1080. The fourth-order valence-electron chi connectivity index (χ4n) is 3.30. The normalized spacial score (nSPS) is 11.9. The molecular formula is C24H29BrN4O2S. The van der Waals surface area contributed by atoms with Gasteiger partial charge in [0, 0.05) is 16.7 Å². The van der Waals surface area contributed by atoms with Gasteiger partial charge in [0.1, 0.15) is 5.75 Å². The summed E-state index contributed by atoms with van der Waals surface area (Å²) in [6.45, 7) is 10.8. The smallest absolute Gasteiger partial charge is 0.234 e. The molecule has 0 saturated heterocycles. The number of anilines is 1. The van der Waals surface area contributed by atoms with Crippen molar-refractivity contribution in [2.45, 2.75) is 58.8 Å². The fraction of sp³-hybridized carbons (Fsp3) is 0.375. The van der Waals surface area contributed by atoms with Gasteiger partial charge >= 0.3 is 0 Å². The van der Waals surface area contributed by atoms with E-state index < -0.39 is 0 Å². The highest BCUT2D eigenvalue weighted by Gasteiger charge is 2.19. The molecule has 0 radical (unpaired) electrons. The zero-order valence-electron chi connectivity index (χ0n) is 19.1. The summed E-state index contributed by atoms with van der Waals surface area (Å²) in [4.78, 5) is 12.5. The number of ether oxygens (including phenoxy) is 1. The highest BCUT2D eigenvalue weighted by Crippen LogP contribution is 2.27. The first kappa shape index (κ1) is 24.3. The molecule has 3 aromatic rings. The monoisotopic (exact) mass is 516 g/mol. The van der Waals surface area contributed by atoms with Gasteiger partial charge < -0.3 is 14.6 Å². The zero-order chi connectivity index (χ0) is 23.3. The van der Waals surface area contributed by atoms with Crippen LogP contribution >= 0.6 is 27.7 Å². The molecule has 2 aromatic carbocycles. The fourth-order valence-corrected chi connectivity index (χ4v) is 4.54. The van der Waals surface area contributed by atoms with Gasteiger partial charge in [-0.1, -0.05) is 46.7 Å². The summed E-state index contributed by atoms with van der Waals surface area (Å²) in [5, 5.41) is 12.4. The number of amides is 1. The summed E-state index contributed by atoms with van der Waals surface area (Å²) in [6, 6.07) is 12.0. The van der Waals surface area contributed by atoms with Gasteiger partial charge in [0.15, 0.2) is 17.1 Å². The first-order chi connectivity index (χ1) is 15.3. The lowest BCUT2D eigenvalue weighted by atomic mass is 10.1. The summed E-state index contributed by atoms with van der Waals surface area (Å²) in [5.74, 6) is 1.72. The van der Waals surface area contributed by atoms with E-state index in [0.717, 1.165) is 39.3 Å². The SMILES string of the molecule is CCc1ccc(O[C@@H](C)c2nnc(SCC(=O)Nc3ccc(Br)c(C)c3C)n2CC)cc1. The Balaban J connectivity index is 1.64. The summed E-state index contributed by atoms with van der Waals surface area (Å²) < 4.78 is 9.11. The largest absolute Gasteiger partial charge is 0.483 e. The molecule has 0 aliphatic heterocycles. The first-order valence-corrected chi connectivity index (χ1v) is 12.5. The number of hydrogen-bond acceptors (Lipinski definition) is 5. The molecule has 0 aliphatic carbocycles. The second-order valence-electron chi connectivity index (χ2n) is 7.52. The van der Waals surface area contributed by atoms with Crippen molar-refractivity contribution in [1.29, 1.82) is 0 Å². The van der Waals surface area contributed by atoms with Crippen molar-refractivity contribution in [3.05, 3.63) is 63.4 Å². The number of carbonyl (C=O) groups is 1. The number of rotatable bonds is 9. The van der Waals surface area contributed by atoms with E-state index in [1.165, 1.54) is 17.3 Å². The lowest BCUT2D eigenvalue weighted by molar-refractivity contribution is -0.113. The van der Waals surface area contributed by atoms with Crippen LogP contribution in [0, 0.1) is 13.8 Å². The molecule has 8 heteroatoms. The van der Waals surface area contributed by atoms with Crippen LogP contribution in [-0.2, 0) is 17.8 Å². The number of benzene rings is 2. The molecule has 170 valence electrons. The highest BCUT2D eigenvalue weighted by atomic mass is 79.9. The van der Waals surface area contributed by atoms with E-state index in [-0.39, 0.29) is 17.8 Å². The Kier molecular flexibility index (Phi) is 8.37. The second-order valence-corrected chi connectivity index (χ2v) is 9.32. The Morgan fingerprint density at radius 2 is 1.84 bits per heavy atom. The molecule has 0 fully saturated rings. The number of nitrogens with zero attached hydrogens (tertiary/aromatic N) is 3. The minimum atomic E-state index is -0.258. The van der Waals surface area contributed by atoms with E-state index in [2.05, 4.69) is 50.5 Å². The van der Waals surface area contributed by atoms with E-state index in [1.807, 2.05) is 56.5 Å². The minimum Gasteiger partial charge on any atom is -0.483 e. The predicted octanol–water partition coefficient (Wildman–Crippen LogP) is 6.11. The van der Waals surface area contributed by atoms with Crippen LogP contribution < -0.4 is 10.1 Å². The van der Waals surface area contributed by atoms with Crippen molar-refractivity contribution in [1.82, 2.24) is 14.8 Å². The van der Waals surface area contributed by atoms with Crippen LogP contribution in [-0.4, -0.2) is 26.4 Å². The maximum Gasteiger partial charge on any atom is 0.234 e. The average molecular weight is 517 g/mol. The van der Waals surface area contributed by atoms with Gasteiger partial charge in [0.05, 0.1) is 5.75 Å². The number of thioether (sulfide) groups is 1. The van der Waals surface area contributed by atoms with Crippen molar-refractivity contribution >= 4 is 39.3 Å². The molecule has 3 rings (SSSR count). The summed E-state index contributed by atoms with van der Waals surface area (Å²) in [5.41, 5.74) is 4.26. The molecule has 0 spiro atoms. The van der Waals surface area contributed by atoms with Gasteiger partial charge in [0.2, 0.25) is 5.91 Å². The zero-order valence-corrected chi connectivity index (χ0v) is 21.5. The van der Waals surface area contributed by atoms with Crippen LogP contribution in [0.1, 0.15) is 49.4 Å². The molecular weight excluding hydrogens is 488 g/mol. The third kappa shape index (κ3) is 5.72. The van der Waals surface area contributed by atoms with Crippen molar-refractivity contribution in [3.63, 3.8) is 0 Å². The molecule has 32 heavy (non-hydrogen) atoms. The second kappa shape index (κ2) is 11.0. The van der Waals surface area contributed by atoms with Gasteiger partial charge in [0.25, 0.3) is 0 Å². The molecule has 1 aromatic heterocycles.